The minimum atomic E-state index is 0.0792. The van der Waals surface area contributed by atoms with E-state index in [1.54, 1.807) is 0 Å². The van der Waals surface area contributed by atoms with Crippen LogP contribution >= 0.6 is 0 Å². The molecule has 3 N–H and O–H groups in total. The van der Waals surface area contributed by atoms with Crippen LogP contribution in [0.25, 0.3) is 0 Å². The molecule has 0 spiro atoms. The van der Waals surface area contributed by atoms with E-state index >= 15 is 0 Å². The molecule has 0 bridgehead atoms. The Morgan fingerprint density at radius 2 is 1.85 bits per heavy atom. The Kier molecular flexibility index (Phi) is 7.40. The van der Waals surface area contributed by atoms with Crippen LogP contribution in [0.4, 0.5) is 0 Å². The van der Waals surface area contributed by atoms with Gasteiger partial charge in [-0.05, 0) is 33.6 Å². The van der Waals surface area contributed by atoms with Gasteiger partial charge in [-0.1, -0.05) is 0 Å². The Labute approximate surface area is 123 Å². The van der Waals surface area contributed by atoms with E-state index in [4.69, 9.17) is 14.9 Å². The second kappa shape index (κ2) is 8.29. The number of nitrogens with zero attached hydrogens (tertiary/aromatic N) is 1. The number of aliphatic hydroxyl groups is 2. The predicted molar refractivity (Wildman–Crippen MR) is 80.9 cm³/mol. The summed E-state index contributed by atoms with van der Waals surface area (Å²) in [6.45, 7) is 11.3. The Morgan fingerprint density at radius 3 is 2.30 bits per heavy atom. The number of hydrogen-bond acceptors (Lipinski definition) is 5. The largest absolute Gasteiger partial charge is 0.395 e. The van der Waals surface area contributed by atoms with Gasteiger partial charge in [-0.3, -0.25) is 4.90 Å². The molecule has 0 aromatic carbocycles. The highest BCUT2D eigenvalue weighted by molar-refractivity contribution is 4.89. The molecular formula is C15H32N2O3. The molecule has 5 nitrogen and oxygen atoms in total. The van der Waals surface area contributed by atoms with E-state index in [0.717, 1.165) is 39.1 Å². The van der Waals surface area contributed by atoms with Gasteiger partial charge in [0.2, 0.25) is 0 Å². The van der Waals surface area contributed by atoms with Crippen molar-refractivity contribution in [3.8, 4) is 0 Å². The van der Waals surface area contributed by atoms with E-state index in [0.29, 0.717) is 13.1 Å². The van der Waals surface area contributed by atoms with Gasteiger partial charge in [0, 0.05) is 43.7 Å². The lowest BCUT2D eigenvalue weighted by Gasteiger charge is -2.42. The molecule has 1 saturated heterocycles. The Morgan fingerprint density at radius 1 is 1.20 bits per heavy atom. The van der Waals surface area contributed by atoms with E-state index in [9.17, 15) is 0 Å². The van der Waals surface area contributed by atoms with Gasteiger partial charge in [-0.2, -0.15) is 0 Å². The van der Waals surface area contributed by atoms with E-state index in [-0.39, 0.29) is 24.2 Å². The quantitative estimate of drug-likeness (QED) is 0.605. The molecule has 1 aliphatic rings. The van der Waals surface area contributed by atoms with Crippen molar-refractivity contribution in [2.75, 3.05) is 52.6 Å². The van der Waals surface area contributed by atoms with Crippen LogP contribution in [0.5, 0.6) is 0 Å². The number of nitrogens with one attached hydrogen (secondary N) is 1. The van der Waals surface area contributed by atoms with Crippen LogP contribution < -0.4 is 5.32 Å². The molecule has 0 amide bonds. The molecule has 0 aromatic rings. The summed E-state index contributed by atoms with van der Waals surface area (Å²) in [5, 5.41) is 21.9. The Bertz CT molecular complexity index is 254. The molecule has 1 rings (SSSR count). The van der Waals surface area contributed by atoms with Gasteiger partial charge in [0.1, 0.15) is 0 Å². The summed E-state index contributed by atoms with van der Waals surface area (Å²) in [6, 6.07) is 0. The third kappa shape index (κ3) is 6.50. The molecule has 5 heteroatoms. The first-order valence-corrected chi connectivity index (χ1v) is 7.68. The lowest BCUT2D eigenvalue weighted by Crippen LogP contribution is -2.53. The van der Waals surface area contributed by atoms with Crippen molar-refractivity contribution in [2.24, 2.45) is 5.41 Å². The van der Waals surface area contributed by atoms with Crippen LogP contribution in [-0.4, -0.2) is 73.3 Å². The second-order valence-electron chi connectivity index (χ2n) is 6.98. The van der Waals surface area contributed by atoms with Gasteiger partial charge in [-0.25, -0.2) is 0 Å². The Hall–Kier alpha value is -0.200. The van der Waals surface area contributed by atoms with Crippen molar-refractivity contribution in [2.45, 2.75) is 39.2 Å². The van der Waals surface area contributed by atoms with Crippen LogP contribution in [0.1, 0.15) is 33.6 Å². The van der Waals surface area contributed by atoms with Crippen LogP contribution in [0.15, 0.2) is 0 Å². The number of hydrogen-bond donors (Lipinski definition) is 3. The summed E-state index contributed by atoms with van der Waals surface area (Å²) in [7, 11) is 0. The van der Waals surface area contributed by atoms with Crippen molar-refractivity contribution in [1.82, 2.24) is 10.2 Å². The molecule has 1 atom stereocenters. The van der Waals surface area contributed by atoms with E-state index in [1.807, 2.05) is 0 Å². The molecule has 1 heterocycles. The van der Waals surface area contributed by atoms with Gasteiger partial charge in [0.15, 0.2) is 0 Å². The summed E-state index contributed by atoms with van der Waals surface area (Å²) in [5.41, 5.74) is 0.166. The summed E-state index contributed by atoms with van der Waals surface area (Å²) in [6.07, 6.45) is 2.21. The third-order valence-corrected chi connectivity index (χ3v) is 3.79. The Balaban J connectivity index is 2.65. The highest BCUT2D eigenvalue weighted by atomic mass is 16.5. The van der Waals surface area contributed by atoms with Crippen LogP contribution in [-0.2, 0) is 4.74 Å². The van der Waals surface area contributed by atoms with Gasteiger partial charge in [0.25, 0.3) is 0 Å². The molecule has 0 aliphatic carbocycles. The fourth-order valence-corrected chi connectivity index (χ4v) is 2.71. The summed E-state index contributed by atoms with van der Waals surface area (Å²) >= 11 is 0. The lowest BCUT2D eigenvalue weighted by atomic mass is 9.81. The maximum atomic E-state index is 9.17. The molecule has 0 radical (unpaired) electrons. The molecule has 0 aromatic heterocycles. The van der Waals surface area contributed by atoms with Gasteiger partial charge in [-0.15, -0.1) is 0 Å². The summed E-state index contributed by atoms with van der Waals surface area (Å²) < 4.78 is 5.72. The lowest BCUT2D eigenvalue weighted by molar-refractivity contribution is -0.0323. The third-order valence-electron chi connectivity index (χ3n) is 3.79. The minimum Gasteiger partial charge on any atom is -0.395 e. The molecule has 1 unspecified atom stereocenters. The minimum absolute atomic E-state index is 0.0792. The summed E-state index contributed by atoms with van der Waals surface area (Å²) in [5.74, 6) is 0. The van der Waals surface area contributed by atoms with E-state index < -0.39 is 0 Å². The maximum Gasteiger partial charge on any atom is 0.0558 e. The van der Waals surface area contributed by atoms with Crippen LogP contribution in [0.2, 0.25) is 0 Å². The number of rotatable bonds is 8. The predicted octanol–water partition coefficient (Wildman–Crippen LogP) is 0.458. The molecule has 0 saturated carbocycles. The fourth-order valence-electron chi connectivity index (χ4n) is 2.71. The van der Waals surface area contributed by atoms with Gasteiger partial charge < -0.3 is 20.3 Å². The van der Waals surface area contributed by atoms with Crippen LogP contribution in [0.3, 0.4) is 0 Å². The van der Waals surface area contributed by atoms with Gasteiger partial charge in [0.05, 0.1) is 19.8 Å². The van der Waals surface area contributed by atoms with Crippen molar-refractivity contribution in [3.63, 3.8) is 0 Å². The maximum absolute atomic E-state index is 9.17. The molecule has 20 heavy (non-hydrogen) atoms. The first-order chi connectivity index (χ1) is 9.41. The van der Waals surface area contributed by atoms with Crippen molar-refractivity contribution < 1.29 is 14.9 Å². The summed E-state index contributed by atoms with van der Waals surface area (Å²) in [4.78, 5) is 2.14. The zero-order chi connectivity index (χ0) is 15.1. The molecule has 1 fully saturated rings. The van der Waals surface area contributed by atoms with Crippen molar-refractivity contribution in [3.05, 3.63) is 0 Å². The van der Waals surface area contributed by atoms with E-state index in [2.05, 4.69) is 31.0 Å². The highest BCUT2D eigenvalue weighted by Gasteiger charge is 2.35. The molecule has 120 valence electrons. The van der Waals surface area contributed by atoms with Crippen molar-refractivity contribution >= 4 is 0 Å². The fraction of sp³-hybridized carbons (Fsp3) is 1.00. The molecular weight excluding hydrogens is 256 g/mol. The standard InChI is InChI=1S/C15H32N2O3/c1-14(2,3)16-11-15(5-4-10-20-13-15)12-17(6-8-18)7-9-19/h16,18-19H,4-13H2,1-3H3. The van der Waals surface area contributed by atoms with Crippen LogP contribution in [0, 0.1) is 5.41 Å². The first kappa shape index (κ1) is 17.9. The van der Waals surface area contributed by atoms with E-state index in [1.165, 1.54) is 0 Å². The smallest absolute Gasteiger partial charge is 0.0558 e. The highest BCUT2D eigenvalue weighted by Crippen LogP contribution is 2.29. The van der Waals surface area contributed by atoms with Gasteiger partial charge >= 0.3 is 0 Å². The first-order valence-electron chi connectivity index (χ1n) is 7.68. The molecule has 1 aliphatic heterocycles. The second-order valence-corrected chi connectivity index (χ2v) is 6.98. The zero-order valence-electron chi connectivity index (χ0n) is 13.3. The monoisotopic (exact) mass is 288 g/mol. The normalized spacial score (nSPS) is 24.3. The zero-order valence-corrected chi connectivity index (χ0v) is 13.3. The average Bonchev–Trinajstić information content (AvgIpc) is 2.38. The SMILES string of the molecule is CC(C)(C)NCC1(CN(CCO)CCO)CCCOC1. The topological polar surface area (TPSA) is 65.0 Å². The van der Waals surface area contributed by atoms with Crippen molar-refractivity contribution in [1.29, 1.82) is 0 Å². The number of ether oxygens (including phenoxy) is 1. The number of aliphatic hydroxyl groups excluding tert-OH is 2. The average molecular weight is 288 g/mol.